The van der Waals surface area contributed by atoms with Crippen LogP contribution in [0.25, 0.3) is 0 Å². The molecule has 0 spiro atoms. The molecule has 0 aliphatic heterocycles. The largest absolute Gasteiger partial charge is 0.497 e. The summed E-state index contributed by atoms with van der Waals surface area (Å²) < 4.78 is 9.97. The van der Waals surface area contributed by atoms with Gasteiger partial charge in [-0.3, -0.25) is 4.79 Å². The Morgan fingerprint density at radius 1 is 1.37 bits per heavy atom. The molecule has 1 aromatic rings. The van der Waals surface area contributed by atoms with Gasteiger partial charge in [0.25, 0.3) is 5.91 Å². The number of nitrogens with zero attached hydrogens (tertiary/aromatic N) is 1. The maximum atomic E-state index is 12.2. The maximum Gasteiger partial charge on any atom is 0.328 e. The van der Waals surface area contributed by atoms with Gasteiger partial charge in [-0.15, -0.1) is 0 Å². The lowest BCUT2D eigenvalue weighted by Gasteiger charge is -2.23. The Kier molecular flexibility index (Phi) is 5.36. The van der Waals surface area contributed by atoms with E-state index < -0.39 is 12.0 Å². The van der Waals surface area contributed by atoms with E-state index in [1.807, 2.05) is 0 Å². The Hall–Kier alpha value is -2.04. The minimum Gasteiger partial charge on any atom is -0.497 e. The second kappa shape index (κ2) is 6.78. The van der Waals surface area contributed by atoms with Crippen LogP contribution in [0.4, 0.5) is 0 Å². The number of benzene rings is 1. The van der Waals surface area contributed by atoms with Crippen molar-refractivity contribution in [1.82, 2.24) is 4.90 Å². The first-order valence-corrected chi connectivity index (χ1v) is 6.09. The van der Waals surface area contributed by atoms with Gasteiger partial charge in [0.05, 0.1) is 13.7 Å². The predicted octanol–water partition coefficient (Wildman–Crippen LogP) is 1.72. The summed E-state index contributed by atoms with van der Waals surface area (Å²) in [7, 11) is 3.11. The highest BCUT2D eigenvalue weighted by Gasteiger charge is 2.24. The Morgan fingerprint density at radius 2 is 2.05 bits per heavy atom. The minimum atomic E-state index is -0.626. The van der Waals surface area contributed by atoms with Crippen molar-refractivity contribution >= 4 is 11.9 Å². The molecule has 19 heavy (non-hydrogen) atoms. The molecule has 0 radical (unpaired) electrons. The molecule has 1 atom stereocenters. The predicted molar refractivity (Wildman–Crippen MR) is 71.2 cm³/mol. The molecule has 0 fully saturated rings. The van der Waals surface area contributed by atoms with Crippen LogP contribution >= 0.6 is 0 Å². The van der Waals surface area contributed by atoms with Gasteiger partial charge in [-0.25, -0.2) is 4.79 Å². The van der Waals surface area contributed by atoms with E-state index in [1.54, 1.807) is 45.2 Å². The summed E-state index contributed by atoms with van der Waals surface area (Å²) in [6.07, 6.45) is 0. The number of methoxy groups -OCH3 is 1. The molecule has 104 valence electrons. The number of amides is 1. The summed E-state index contributed by atoms with van der Waals surface area (Å²) in [5, 5.41) is 0. The summed E-state index contributed by atoms with van der Waals surface area (Å²) in [4.78, 5) is 25.2. The SMILES string of the molecule is CCOC(=O)[C@H](C)N(C)C(=O)c1cccc(OC)c1. The van der Waals surface area contributed by atoms with Crippen LogP contribution in [0.15, 0.2) is 24.3 Å². The lowest BCUT2D eigenvalue weighted by molar-refractivity contribution is -0.147. The van der Waals surface area contributed by atoms with Crippen LogP contribution in [-0.2, 0) is 9.53 Å². The van der Waals surface area contributed by atoms with Gasteiger partial charge in [-0.1, -0.05) is 6.07 Å². The first kappa shape index (κ1) is 15.0. The topological polar surface area (TPSA) is 55.8 Å². The normalized spacial score (nSPS) is 11.6. The van der Waals surface area contributed by atoms with E-state index in [4.69, 9.17) is 9.47 Å². The Bertz CT molecular complexity index is 459. The van der Waals surface area contributed by atoms with Crippen molar-refractivity contribution < 1.29 is 19.1 Å². The summed E-state index contributed by atoms with van der Waals surface area (Å²) >= 11 is 0. The molecule has 0 saturated carbocycles. The molecule has 0 aromatic heterocycles. The van der Waals surface area contributed by atoms with Gasteiger partial charge in [0.2, 0.25) is 0 Å². The fourth-order valence-electron chi connectivity index (χ4n) is 1.56. The molecule has 1 amide bonds. The zero-order valence-corrected chi connectivity index (χ0v) is 11.7. The van der Waals surface area contributed by atoms with Crippen LogP contribution in [0.1, 0.15) is 24.2 Å². The van der Waals surface area contributed by atoms with Gasteiger partial charge < -0.3 is 14.4 Å². The Labute approximate surface area is 113 Å². The lowest BCUT2D eigenvalue weighted by atomic mass is 10.1. The zero-order valence-electron chi connectivity index (χ0n) is 11.7. The highest BCUT2D eigenvalue weighted by molar-refractivity contribution is 5.96. The van der Waals surface area contributed by atoms with E-state index in [-0.39, 0.29) is 5.91 Å². The third kappa shape index (κ3) is 3.71. The molecule has 0 saturated heterocycles. The molecule has 5 heteroatoms. The van der Waals surface area contributed by atoms with Crippen molar-refractivity contribution in [3.05, 3.63) is 29.8 Å². The lowest BCUT2D eigenvalue weighted by Crippen LogP contribution is -2.41. The average Bonchev–Trinajstić information content (AvgIpc) is 2.45. The third-order valence-corrected chi connectivity index (χ3v) is 2.85. The molecule has 0 aliphatic rings. The van der Waals surface area contributed by atoms with E-state index in [9.17, 15) is 9.59 Å². The number of likely N-dealkylation sites (N-methyl/N-ethyl adjacent to an activating group) is 1. The van der Waals surface area contributed by atoms with Gasteiger partial charge >= 0.3 is 5.97 Å². The highest BCUT2D eigenvalue weighted by Crippen LogP contribution is 2.15. The number of carbonyl (C=O) groups excluding carboxylic acids is 2. The molecule has 1 rings (SSSR count). The van der Waals surface area contributed by atoms with Crippen LogP contribution in [0.3, 0.4) is 0 Å². The first-order chi connectivity index (χ1) is 9.01. The van der Waals surface area contributed by atoms with Crippen LogP contribution < -0.4 is 4.74 Å². The van der Waals surface area contributed by atoms with Crippen LogP contribution in [0.5, 0.6) is 5.75 Å². The fourth-order valence-corrected chi connectivity index (χ4v) is 1.56. The minimum absolute atomic E-state index is 0.251. The van der Waals surface area contributed by atoms with Crippen molar-refractivity contribution in [2.75, 3.05) is 20.8 Å². The third-order valence-electron chi connectivity index (χ3n) is 2.85. The van der Waals surface area contributed by atoms with E-state index >= 15 is 0 Å². The van der Waals surface area contributed by atoms with Gasteiger partial charge in [0.15, 0.2) is 0 Å². The molecule has 5 nitrogen and oxygen atoms in total. The van der Waals surface area contributed by atoms with E-state index in [2.05, 4.69) is 0 Å². The smallest absolute Gasteiger partial charge is 0.328 e. The number of esters is 1. The van der Waals surface area contributed by atoms with Gasteiger partial charge in [-0.2, -0.15) is 0 Å². The average molecular weight is 265 g/mol. The summed E-state index contributed by atoms with van der Waals surface area (Å²) in [6, 6.07) is 6.18. The first-order valence-electron chi connectivity index (χ1n) is 6.09. The zero-order chi connectivity index (χ0) is 14.4. The van der Waals surface area contributed by atoms with Crippen LogP contribution in [-0.4, -0.2) is 43.6 Å². The van der Waals surface area contributed by atoms with Crippen LogP contribution in [0.2, 0.25) is 0 Å². The van der Waals surface area contributed by atoms with Gasteiger partial charge in [0, 0.05) is 12.6 Å². The molecule has 0 heterocycles. The van der Waals surface area contributed by atoms with Crippen molar-refractivity contribution in [3.63, 3.8) is 0 Å². The number of hydrogen-bond donors (Lipinski definition) is 0. The number of hydrogen-bond acceptors (Lipinski definition) is 4. The monoisotopic (exact) mass is 265 g/mol. The molecule has 1 aromatic carbocycles. The van der Waals surface area contributed by atoms with Crippen molar-refractivity contribution in [2.24, 2.45) is 0 Å². The van der Waals surface area contributed by atoms with E-state index in [1.165, 1.54) is 12.0 Å². The van der Waals surface area contributed by atoms with Crippen molar-refractivity contribution in [2.45, 2.75) is 19.9 Å². The Morgan fingerprint density at radius 3 is 2.63 bits per heavy atom. The standard InChI is InChI=1S/C14H19NO4/c1-5-19-14(17)10(2)15(3)13(16)11-7-6-8-12(9-11)18-4/h6-10H,5H2,1-4H3/t10-/m0/s1. The second-order valence-corrected chi connectivity index (χ2v) is 4.08. The van der Waals surface area contributed by atoms with Crippen LogP contribution in [0, 0.1) is 0 Å². The second-order valence-electron chi connectivity index (χ2n) is 4.08. The highest BCUT2D eigenvalue weighted by atomic mass is 16.5. The van der Waals surface area contributed by atoms with E-state index in [0.717, 1.165) is 0 Å². The number of rotatable bonds is 5. The molecular formula is C14H19NO4. The van der Waals surface area contributed by atoms with Gasteiger partial charge in [-0.05, 0) is 32.0 Å². The van der Waals surface area contributed by atoms with Crippen molar-refractivity contribution in [3.8, 4) is 5.75 Å². The van der Waals surface area contributed by atoms with Crippen molar-refractivity contribution in [1.29, 1.82) is 0 Å². The molecule has 0 aliphatic carbocycles. The molecule has 0 N–H and O–H groups in total. The quantitative estimate of drug-likeness (QED) is 0.761. The number of ether oxygens (including phenoxy) is 2. The number of carbonyl (C=O) groups is 2. The van der Waals surface area contributed by atoms with Gasteiger partial charge in [0.1, 0.15) is 11.8 Å². The summed E-state index contributed by atoms with van der Waals surface area (Å²) in [6.45, 7) is 3.66. The van der Waals surface area contributed by atoms with E-state index in [0.29, 0.717) is 17.9 Å². The Balaban J connectivity index is 2.83. The summed E-state index contributed by atoms with van der Waals surface area (Å²) in [5.74, 6) is -0.0660. The molecule has 0 unspecified atom stereocenters. The molecular weight excluding hydrogens is 246 g/mol. The summed E-state index contributed by atoms with van der Waals surface area (Å²) in [5.41, 5.74) is 0.470. The maximum absolute atomic E-state index is 12.2. The molecule has 0 bridgehead atoms. The fraction of sp³-hybridized carbons (Fsp3) is 0.429.